The first-order valence-electron chi connectivity index (χ1n) is 11.3. The summed E-state index contributed by atoms with van der Waals surface area (Å²) in [5.74, 6) is -150. The van der Waals surface area contributed by atoms with Crippen LogP contribution in [-0.4, -0.2) is 113 Å². The van der Waals surface area contributed by atoms with Crippen molar-refractivity contribution in [2.24, 2.45) is 0 Å². The highest BCUT2D eigenvalue weighted by molar-refractivity contribution is 7.87. The van der Waals surface area contributed by atoms with Crippen molar-refractivity contribution in [1.82, 2.24) is 0 Å². The average Bonchev–Trinajstić information content (AvgIpc) is 2.94. The number of hydrogen-bond acceptors (Lipinski definition) is 2. The summed E-state index contributed by atoms with van der Waals surface area (Å²) in [6.45, 7) is 0. The third-order valence-corrected chi connectivity index (χ3v) is 7.47. The molecule has 0 fully saturated rings. The van der Waals surface area contributed by atoms with Crippen LogP contribution in [0.15, 0.2) is 0 Å². The summed E-state index contributed by atoms with van der Waals surface area (Å²) in [5.41, 5.74) is 0. The largest absolute Gasteiger partial charge is 0.460 e. The monoisotopic (exact) mass is 950 g/mol. The Morgan fingerprint density at radius 2 is 0.321 bits per heavy atom. The molecule has 0 aliphatic rings. The van der Waals surface area contributed by atoms with Crippen molar-refractivity contribution in [2.75, 3.05) is 0 Å². The van der Waals surface area contributed by atoms with E-state index in [0.29, 0.717) is 0 Å². The second-order valence-corrected chi connectivity index (χ2v) is 11.6. The minimum absolute atomic E-state index is 7.74. The van der Waals surface area contributed by atoms with Gasteiger partial charge in [-0.25, -0.2) is 0 Å². The van der Waals surface area contributed by atoms with Gasteiger partial charge in [0, 0.05) is 0 Å². The van der Waals surface area contributed by atoms with Crippen molar-refractivity contribution in [3.05, 3.63) is 0 Å². The number of alkyl halides is 35. The second-order valence-electron chi connectivity index (χ2n) is 10.1. The second kappa shape index (κ2) is 12.5. The van der Waals surface area contributed by atoms with Gasteiger partial charge < -0.3 is 0 Å². The topological polar surface area (TPSA) is 54.4 Å². The Hall–Kier alpha value is -2.54. The summed E-state index contributed by atoms with van der Waals surface area (Å²) >= 11 is 0. The molecule has 0 amide bonds. The van der Waals surface area contributed by atoms with Crippen molar-refractivity contribution in [2.45, 2.75) is 100 Å². The van der Waals surface area contributed by atoms with E-state index in [1.807, 2.05) is 0 Å². The highest BCUT2D eigenvalue weighted by Gasteiger charge is 3.02. The zero-order valence-corrected chi connectivity index (χ0v) is 24.2. The molecule has 338 valence electrons. The maximum atomic E-state index is 13.8. The molecule has 0 saturated heterocycles. The van der Waals surface area contributed by atoms with Crippen molar-refractivity contribution in [1.29, 1.82) is 0 Å². The summed E-state index contributed by atoms with van der Waals surface area (Å²) in [5, 5.41) is -8.47. The van der Waals surface area contributed by atoms with Gasteiger partial charge in [-0.15, -0.1) is 0 Å². The molecule has 0 saturated carbocycles. The molecule has 0 spiro atoms. The lowest BCUT2D eigenvalue weighted by molar-refractivity contribution is -0.492. The van der Waals surface area contributed by atoms with E-state index in [1.54, 1.807) is 0 Å². The number of hydrogen-bond donors (Lipinski definition) is 1. The zero-order chi connectivity index (χ0) is 47.0. The van der Waals surface area contributed by atoms with Crippen LogP contribution in [0, 0.1) is 0 Å². The highest BCUT2D eigenvalue weighted by Crippen LogP contribution is 2.70. The summed E-state index contributed by atoms with van der Waals surface area (Å²) < 4.78 is 497. The molecule has 0 atom stereocenters. The fourth-order valence-corrected chi connectivity index (χ4v) is 3.54. The third kappa shape index (κ3) is 5.79. The maximum Gasteiger partial charge on any atom is 0.460 e. The smallest absolute Gasteiger partial charge is 0.281 e. The van der Waals surface area contributed by atoms with E-state index in [0.717, 1.165) is 0 Å². The van der Waals surface area contributed by atoms with E-state index in [2.05, 4.69) is 0 Å². The average molecular weight is 950 g/mol. The Morgan fingerprint density at radius 1 is 0.214 bits per heavy atom. The van der Waals surface area contributed by atoms with E-state index in [-0.39, 0.29) is 0 Å². The van der Waals surface area contributed by atoms with Crippen molar-refractivity contribution in [3.63, 3.8) is 0 Å². The molecule has 39 heteroatoms. The van der Waals surface area contributed by atoms with Gasteiger partial charge in [0.15, 0.2) is 0 Å². The molecule has 56 heavy (non-hydrogen) atoms. The van der Waals surface area contributed by atoms with Crippen LogP contribution in [0.2, 0.25) is 0 Å². The molecule has 0 aromatic rings. The predicted molar refractivity (Wildman–Crippen MR) is 96.8 cm³/mol. The maximum absolute atomic E-state index is 13.8. The van der Waals surface area contributed by atoms with E-state index in [1.165, 1.54) is 0 Å². The lowest BCUT2D eigenvalue weighted by Gasteiger charge is -2.47. The molecule has 3 nitrogen and oxygen atoms in total. The van der Waals surface area contributed by atoms with Crippen molar-refractivity contribution < 1.29 is 167 Å². The Morgan fingerprint density at radius 3 is 0.429 bits per heavy atom. The van der Waals surface area contributed by atoms with Gasteiger partial charge in [-0.2, -0.15) is 162 Å². The molecule has 0 heterocycles. The lowest BCUT2D eigenvalue weighted by Crippen LogP contribution is -2.80. The van der Waals surface area contributed by atoms with Crippen LogP contribution < -0.4 is 0 Å². The van der Waals surface area contributed by atoms with E-state index in [9.17, 15) is 162 Å². The molecule has 0 bridgehead atoms. The molecule has 0 aromatic heterocycles. The lowest BCUT2D eigenvalue weighted by atomic mass is 9.82. The summed E-state index contributed by atoms with van der Waals surface area (Å²) in [6.07, 6.45) is -8.46. The van der Waals surface area contributed by atoms with Gasteiger partial charge in [0.2, 0.25) is 0 Å². The molecular formula is C17HF35O3S. The fraction of sp³-hybridized carbons (Fsp3) is 1.00. The van der Waals surface area contributed by atoms with Crippen molar-refractivity contribution >= 4 is 10.1 Å². The fourth-order valence-electron chi connectivity index (χ4n) is 3.09. The molecule has 0 aromatic carbocycles. The normalized spacial score (nSPS) is 17.4. The van der Waals surface area contributed by atoms with Crippen LogP contribution in [0.4, 0.5) is 154 Å². The first-order valence-corrected chi connectivity index (χ1v) is 12.8. The van der Waals surface area contributed by atoms with Crippen LogP contribution in [0.25, 0.3) is 0 Å². The molecule has 1 N–H and O–H groups in total. The molecule has 0 unspecified atom stereocenters. The van der Waals surface area contributed by atoms with Crippen LogP contribution in [-0.2, 0) is 10.1 Å². The van der Waals surface area contributed by atoms with Gasteiger partial charge >= 0.3 is 110 Å². The molecule has 0 rings (SSSR count). The zero-order valence-electron chi connectivity index (χ0n) is 23.4. The van der Waals surface area contributed by atoms with Crippen LogP contribution >= 0.6 is 0 Å². The molecule has 0 aliphatic heterocycles. The van der Waals surface area contributed by atoms with E-state index < -0.39 is 110 Å². The summed E-state index contributed by atoms with van der Waals surface area (Å²) in [6, 6.07) is 0. The van der Waals surface area contributed by atoms with Gasteiger partial charge in [-0.1, -0.05) is 0 Å². The first kappa shape index (κ1) is 53.5. The molecular weight excluding hydrogens is 949 g/mol. The standard InChI is InChI=1S/C17HF35O3S/c18-1(19,2(20,21)4(24,25)6(28,29)8(32,33)10(36,37)12(40,41)14(44,45)16(48,49)50)3(22,23)5(26,27)7(30,31)9(34,35)11(38,39)13(42,43)15(46,47)17(51,52)56(53,54)55/h(H,53,54,55). The number of halogens is 35. The van der Waals surface area contributed by atoms with Crippen LogP contribution in [0.3, 0.4) is 0 Å². The van der Waals surface area contributed by atoms with Crippen LogP contribution in [0.5, 0.6) is 0 Å². The molecule has 0 aliphatic carbocycles. The number of rotatable bonds is 16. The SMILES string of the molecule is O=S(=O)(O)C(F)(F)C(F)(F)C(F)(F)C(F)(F)C(F)(F)C(F)(F)C(F)(F)C(F)(F)C(F)(F)C(F)(F)C(F)(F)C(F)(F)C(F)(F)C(F)(F)C(F)(F)C(F)(F)C(F)(F)F. The Balaban J connectivity index is 7.88. The van der Waals surface area contributed by atoms with Gasteiger partial charge in [0.05, 0.1) is 0 Å². The summed E-state index contributed by atoms with van der Waals surface area (Å²) in [7, 11) is -8.48. The first-order chi connectivity index (χ1) is 23.2. The Bertz CT molecular complexity index is 1580. The highest BCUT2D eigenvalue weighted by atomic mass is 32.2. The van der Waals surface area contributed by atoms with Gasteiger partial charge in [0.1, 0.15) is 0 Å². The molecule has 0 radical (unpaired) electrons. The quantitative estimate of drug-likeness (QED) is 0.124. The van der Waals surface area contributed by atoms with Gasteiger partial charge in [-0.05, 0) is 0 Å². The van der Waals surface area contributed by atoms with E-state index >= 15 is 0 Å². The van der Waals surface area contributed by atoms with Gasteiger partial charge in [-0.3, -0.25) is 4.55 Å². The summed E-state index contributed by atoms with van der Waals surface area (Å²) in [4.78, 5) is 0. The predicted octanol–water partition coefficient (Wildman–Crippen LogP) is 10.6. The Labute approximate surface area is 278 Å². The van der Waals surface area contributed by atoms with E-state index in [4.69, 9.17) is 4.55 Å². The Kier molecular flexibility index (Phi) is 11.9. The third-order valence-electron chi connectivity index (χ3n) is 6.57. The van der Waals surface area contributed by atoms with Crippen LogP contribution in [0.1, 0.15) is 0 Å². The van der Waals surface area contributed by atoms with Gasteiger partial charge in [0.25, 0.3) is 0 Å². The minimum atomic E-state index is -10.4. The van der Waals surface area contributed by atoms with Crippen molar-refractivity contribution in [3.8, 4) is 0 Å². The minimum Gasteiger partial charge on any atom is -0.281 e.